The van der Waals surface area contributed by atoms with Gasteiger partial charge in [-0.2, -0.15) is 0 Å². The molecule has 0 spiro atoms. The molecule has 0 fully saturated rings. The van der Waals surface area contributed by atoms with Crippen molar-refractivity contribution in [3.63, 3.8) is 0 Å². The largest absolute Gasteiger partial charge is 0.497 e. The predicted molar refractivity (Wildman–Crippen MR) is 84.1 cm³/mol. The van der Waals surface area contributed by atoms with Crippen molar-refractivity contribution in [1.29, 1.82) is 0 Å². The number of benzene rings is 2. The van der Waals surface area contributed by atoms with Crippen LogP contribution >= 0.6 is 0 Å². The highest BCUT2D eigenvalue weighted by molar-refractivity contribution is 5.84. The Morgan fingerprint density at radius 1 is 1.14 bits per heavy atom. The van der Waals surface area contributed by atoms with E-state index in [1.54, 1.807) is 25.3 Å². The summed E-state index contributed by atoms with van der Waals surface area (Å²) in [5.74, 6) is 1.59. The van der Waals surface area contributed by atoms with Gasteiger partial charge in [-0.05, 0) is 24.3 Å². The first-order valence-corrected chi connectivity index (χ1v) is 6.81. The van der Waals surface area contributed by atoms with E-state index in [2.05, 4.69) is 9.97 Å². The van der Waals surface area contributed by atoms with Gasteiger partial charge in [0, 0.05) is 11.5 Å². The smallest absolute Gasteiger partial charge is 0.259 e. The summed E-state index contributed by atoms with van der Waals surface area (Å²) < 4.78 is 10.9. The van der Waals surface area contributed by atoms with E-state index in [4.69, 9.17) is 9.15 Å². The van der Waals surface area contributed by atoms with Gasteiger partial charge < -0.3 is 14.1 Å². The second kappa shape index (κ2) is 4.73. The lowest BCUT2D eigenvalue weighted by molar-refractivity contribution is 0.415. The number of hydrogen-bond acceptors (Lipinski definition) is 4. The summed E-state index contributed by atoms with van der Waals surface area (Å²) in [7, 11) is 1.58. The van der Waals surface area contributed by atoms with Crippen LogP contribution in [0.15, 0.2) is 57.7 Å². The first-order chi connectivity index (χ1) is 10.7. The minimum absolute atomic E-state index is 0.205. The molecular formula is C17H12N2O3. The molecule has 108 valence electrons. The van der Waals surface area contributed by atoms with E-state index in [-0.39, 0.29) is 5.56 Å². The summed E-state index contributed by atoms with van der Waals surface area (Å²) >= 11 is 0. The van der Waals surface area contributed by atoms with Crippen LogP contribution in [0.5, 0.6) is 5.75 Å². The van der Waals surface area contributed by atoms with E-state index >= 15 is 0 Å². The van der Waals surface area contributed by atoms with Gasteiger partial charge in [0.25, 0.3) is 5.56 Å². The molecule has 0 aliphatic carbocycles. The molecule has 4 aromatic rings. The lowest BCUT2D eigenvalue weighted by Crippen LogP contribution is -2.09. The SMILES string of the molecule is COc1ccc2c(=O)[nH]c(-c3cc4ccccc4o3)nc2c1. The summed E-state index contributed by atoms with van der Waals surface area (Å²) in [6.07, 6.45) is 0. The Labute approximate surface area is 125 Å². The molecule has 0 saturated carbocycles. The Morgan fingerprint density at radius 2 is 2.00 bits per heavy atom. The molecule has 0 saturated heterocycles. The number of aromatic amines is 1. The van der Waals surface area contributed by atoms with Crippen LogP contribution in [0.2, 0.25) is 0 Å². The molecule has 0 aliphatic rings. The first kappa shape index (κ1) is 12.6. The summed E-state index contributed by atoms with van der Waals surface area (Å²) in [6.45, 7) is 0. The molecule has 5 nitrogen and oxygen atoms in total. The van der Waals surface area contributed by atoms with Crippen LogP contribution < -0.4 is 10.3 Å². The Bertz CT molecular complexity index is 1010. The third-order valence-corrected chi connectivity index (χ3v) is 3.57. The van der Waals surface area contributed by atoms with Gasteiger partial charge in [0.15, 0.2) is 11.6 Å². The van der Waals surface area contributed by atoms with Crippen LogP contribution in [0.25, 0.3) is 33.5 Å². The van der Waals surface area contributed by atoms with E-state index in [0.717, 1.165) is 11.0 Å². The zero-order chi connectivity index (χ0) is 15.1. The first-order valence-electron chi connectivity index (χ1n) is 6.81. The lowest BCUT2D eigenvalue weighted by Gasteiger charge is -2.03. The zero-order valence-corrected chi connectivity index (χ0v) is 11.8. The molecule has 0 bridgehead atoms. The molecule has 2 aromatic heterocycles. The van der Waals surface area contributed by atoms with Crippen molar-refractivity contribution in [3.8, 4) is 17.3 Å². The third-order valence-electron chi connectivity index (χ3n) is 3.57. The van der Waals surface area contributed by atoms with Gasteiger partial charge >= 0.3 is 0 Å². The van der Waals surface area contributed by atoms with Gasteiger partial charge in [0.05, 0.1) is 18.0 Å². The number of H-pyrrole nitrogens is 1. The van der Waals surface area contributed by atoms with Crippen molar-refractivity contribution in [2.24, 2.45) is 0 Å². The molecule has 0 amide bonds. The number of ether oxygens (including phenoxy) is 1. The quantitative estimate of drug-likeness (QED) is 0.615. The highest BCUT2D eigenvalue weighted by Gasteiger charge is 2.11. The van der Waals surface area contributed by atoms with Crippen LogP contribution in [0.4, 0.5) is 0 Å². The van der Waals surface area contributed by atoms with Crippen molar-refractivity contribution < 1.29 is 9.15 Å². The highest BCUT2D eigenvalue weighted by atomic mass is 16.5. The number of methoxy groups -OCH3 is 1. The maximum absolute atomic E-state index is 12.2. The molecule has 22 heavy (non-hydrogen) atoms. The molecule has 0 atom stereocenters. The van der Waals surface area contributed by atoms with Crippen LogP contribution in [0.1, 0.15) is 0 Å². The number of para-hydroxylation sites is 1. The summed E-state index contributed by atoms with van der Waals surface area (Å²) in [6, 6.07) is 14.7. The molecule has 2 heterocycles. The Balaban J connectivity index is 1.96. The number of hydrogen-bond donors (Lipinski definition) is 1. The zero-order valence-electron chi connectivity index (χ0n) is 11.8. The average molecular weight is 292 g/mol. The second-order valence-corrected chi connectivity index (χ2v) is 4.95. The minimum Gasteiger partial charge on any atom is -0.497 e. The number of fused-ring (bicyclic) bond motifs is 2. The average Bonchev–Trinajstić information content (AvgIpc) is 2.98. The van der Waals surface area contributed by atoms with E-state index in [1.165, 1.54) is 0 Å². The van der Waals surface area contributed by atoms with Gasteiger partial charge in [-0.15, -0.1) is 0 Å². The normalized spacial score (nSPS) is 11.1. The van der Waals surface area contributed by atoms with Crippen LogP contribution in [0.3, 0.4) is 0 Å². The molecule has 0 aliphatic heterocycles. The minimum atomic E-state index is -0.205. The van der Waals surface area contributed by atoms with Crippen LogP contribution in [-0.2, 0) is 0 Å². The summed E-state index contributed by atoms with van der Waals surface area (Å²) in [5.41, 5.74) is 1.12. The van der Waals surface area contributed by atoms with Crippen molar-refractivity contribution in [2.45, 2.75) is 0 Å². The monoisotopic (exact) mass is 292 g/mol. The van der Waals surface area contributed by atoms with E-state index in [9.17, 15) is 4.79 Å². The fourth-order valence-electron chi connectivity index (χ4n) is 2.46. The molecular weight excluding hydrogens is 280 g/mol. The molecule has 1 N–H and O–H groups in total. The van der Waals surface area contributed by atoms with Crippen molar-refractivity contribution in [2.75, 3.05) is 7.11 Å². The van der Waals surface area contributed by atoms with Gasteiger partial charge in [0.2, 0.25) is 0 Å². The third kappa shape index (κ3) is 1.95. The number of aromatic nitrogens is 2. The molecule has 0 unspecified atom stereocenters. The van der Waals surface area contributed by atoms with E-state index in [1.807, 2.05) is 30.3 Å². The highest BCUT2D eigenvalue weighted by Crippen LogP contribution is 2.26. The Morgan fingerprint density at radius 3 is 2.82 bits per heavy atom. The fourth-order valence-corrected chi connectivity index (χ4v) is 2.46. The van der Waals surface area contributed by atoms with Crippen molar-refractivity contribution in [3.05, 3.63) is 58.9 Å². The predicted octanol–water partition coefficient (Wildman–Crippen LogP) is 3.34. The lowest BCUT2D eigenvalue weighted by atomic mass is 10.2. The van der Waals surface area contributed by atoms with Crippen molar-refractivity contribution >= 4 is 21.9 Å². The Hall–Kier alpha value is -3.08. The summed E-state index contributed by atoms with van der Waals surface area (Å²) in [5, 5.41) is 1.48. The second-order valence-electron chi connectivity index (χ2n) is 4.95. The molecule has 0 radical (unpaired) electrons. The van der Waals surface area contributed by atoms with Crippen LogP contribution in [-0.4, -0.2) is 17.1 Å². The van der Waals surface area contributed by atoms with Gasteiger partial charge in [-0.25, -0.2) is 4.98 Å². The number of rotatable bonds is 2. The van der Waals surface area contributed by atoms with Gasteiger partial charge in [-0.1, -0.05) is 18.2 Å². The van der Waals surface area contributed by atoms with Gasteiger partial charge in [0.1, 0.15) is 11.3 Å². The maximum Gasteiger partial charge on any atom is 0.259 e. The molecule has 2 aromatic carbocycles. The number of nitrogens with zero attached hydrogens (tertiary/aromatic N) is 1. The maximum atomic E-state index is 12.2. The topological polar surface area (TPSA) is 68.1 Å². The van der Waals surface area contributed by atoms with E-state index < -0.39 is 0 Å². The van der Waals surface area contributed by atoms with E-state index in [0.29, 0.717) is 28.2 Å². The number of nitrogens with one attached hydrogen (secondary N) is 1. The van der Waals surface area contributed by atoms with Crippen LogP contribution in [0, 0.1) is 0 Å². The fraction of sp³-hybridized carbons (Fsp3) is 0.0588. The molecule has 4 rings (SSSR count). The number of furan rings is 1. The van der Waals surface area contributed by atoms with Crippen molar-refractivity contribution in [1.82, 2.24) is 9.97 Å². The summed E-state index contributed by atoms with van der Waals surface area (Å²) in [4.78, 5) is 19.5. The Kier molecular flexibility index (Phi) is 2.72. The van der Waals surface area contributed by atoms with Gasteiger partial charge in [-0.3, -0.25) is 4.79 Å². The standard InChI is InChI=1S/C17H12N2O3/c1-21-11-6-7-12-13(9-11)18-16(19-17(12)20)15-8-10-4-2-3-5-14(10)22-15/h2-9H,1H3,(H,18,19,20). The molecule has 5 heteroatoms.